The molecule has 1 N–H and O–H groups in total. The Bertz CT molecular complexity index is 692. The summed E-state index contributed by atoms with van der Waals surface area (Å²) in [5.41, 5.74) is 0. The minimum absolute atomic E-state index is 0.247. The Hall–Kier alpha value is -0.900. The molecule has 1 aliphatic heterocycles. The zero-order chi connectivity index (χ0) is 33.2. The van der Waals surface area contributed by atoms with Crippen LogP contribution >= 0.6 is 0 Å². The van der Waals surface area contributed by atoms with Gasteiger partial charge in [-0.15, -0.1) is 0 Å². The zero-order valence-corrected chi connectivity index (χ0v) is 32.0. The first-order valence-corrected chi connectivity index (χ1v) is 21.3. The van der Waals surface area contributed by atoms with Crippen LogP contribution in [0, 0.1) is 0 Å². The highest BCUT2D eigenvalue weighted by Crippen LogP contribution is 2.19. The number of nitrogens with zero attached hydrogens (tertiary/aromatic N) is 2. The third kappa shape index (κ3) is 26.1. The molecule has 1 amide bonds. The second kappa shape index (κ2) is 32.6. The molecule has 0 radical (unpaired) electrons. The minimum atomic E-state index is 0.247. The fourth-order valence-electron chi connectivity index (χ4n) is 7.31. The first-order chi connectivity index (χ1) is 22.6. The molecule has 0 spiro atoms. The molecule has 1 atom stereocenters. The van der Waals surface area contributed by atoms with Crippen molar-refractivity contribution in [2.45, 2.75) is 226 Å². The molecule has 0 aromatic heterocycles. The van der Waals surface area contributed by atoms with Crippen LogP contribution < -0.4 is 5.32 Å². The summed E-state index contributed by atoms with van der Waals surface area (Å²) in [6, 6.07) is 0. The van der Waals surface area contributed by atoms with Gasteiger partial charge in [-0.25, -0.2) is 4.99 Å². The number of carbonyl (C=O) groups excluding carboxylic acids is 1. The van der Waals surface area contributed by atoms with E-state index in [-0.39, 0.29) is 5.91 Å². The average Bonchev–Trinajstić information content (AvgIpc) is 3.42. The quantitative estimate of drug-likeness (QED) is 0.0534. The Kier molecular flexibility index (Phi) is 30.6. The van der Waals surface area contributed by atoms with Gasteiger partial charge in [0.1, 0.15) is 13.1 Å². The molecular weight excluding hydrogens is 562 g/mol. The highest BCUT2D eigenvalue weighted by atomic mass is 16.1. The molecule has 4 heteroatoms. The topological polar surface area (TPSA) is 41.5 Å². The fraction of sp³-hybridized carbons (Fsp3) is 0.952. The van der Waals surface area contributed by atoms with Crippen LogP contribution in [0.4, 0.5) is 0 Å². The molecule has 0 aromatic rings. The van der Waals surface area contributed by atoms with Gasteiger partial charge in [0.25, 0.3) is 0 Å². The number of aliphatic imine (C=N–C) groups is 1. The van der Waals surface area contributed by atoms with Crippen LogP contribution in [0.2, 0.25) is 0 Å². The van der Waals surface area contributed by atoms with E-state index in [0.717, 1.165) is 43.5 Å². The molecule has 4 nitrogen and oxygen atoms in total. The summed E-state index contributed by atoms with van der Waals surface area (Å²) < 4.78 is 0.942. The third-order valence-electron chi connectivity index (χ3n) is 10.7. The minimum Gasteiger partial charge on any atom is -0.350 e. The molecule has 1 unspecified atom stereocenters. The maximum atomic E-state index is 12.4. The van der Waals surface area contributed by atoms with E-state index in [1.165, 1.54) is 198 Å². The lowest BCUT2D eigenvalue weighted by Crippen LogP contribution is -2.51. The summed E-state index contributed by atoms with van der Waals surface area (Å²) in [6.45, 7) is 8.42. The van der Waals surface area contributed by atoms with Crippen LogP contribution in [-0.2, 0) is 4.79 Å². The molecule has 0 fully saturated rings. The van der Waals surface area contributed by atoms with Gasteiger partial charge in [-0.05, 0) is 12.8 Å². The molecule has 272 valence electrons. The number of nitrogens with one attached hydrogen (secondary N) is 1. The maximum absolute atomic E-state index is 12.4. The van der Waals surface area contributed by atoms with E-state index in [1.54, 1.807) is 0 Å². The second-order valence-corrected chi connectivity index (χ2v) is 15.2. The maximum Gasteiger partial charge on any atom is 0.220 e. The highest BCUT2D eigenvalue weighted by molar-refractivity contribution is 5.77. The average molecular weight is 647 g/mol. The van der Waals surface area contributed by atoms with Crippen molar-refractivity contribution in [3.8, 4) is 0 Å². The van der Waals surface area contributed by atoms with Crippen molar-refractivity contribution in [2.75, 3.05) is 33.2 Å². The lowest BCUT2D eigenvalue weighted by Gasteiger charge is -2.30. The van der Waals surface area contributed by atoms with E-state index >= 15 is 0 Å². The molecule has 0 saturated heterocycles. The summed E-state index contributed by atoms with van der Waals surface area (Å²) in [7, 11) is 2.33. The molecule has 0 aliphatic carbocycles. The van der Waals surface area contributed by atoms with Gasteiger partial charge in [-0.3, -0.25) is 9.28 Å². The molecule has 0 saturated carbocycles. The van der Waals surface area contributed by atoms with Gasteiger partial charge in [0.15, 0.2) is 5.84 Å². The van der Waals surface area contributed by atoms with Crippen molar-refractivity contribution in [1.82, 2.24) is 5.32 Å². The summed E-state index contributed by atoms with van der Waals surface area (Å²) in [6.07, 6.45) is 45.0. The van der Waals surface area contributed by atoms with Gasteiger partial charge in [-0.1, -0.05) is 200 Å². The van der Waals surface area contributed by atoms with Crippen LogP contribution in [-0.4, -0.2) is 49.5 Å². The largest absolute Gasteiger partial charge is 0.350 e. The number of likely N-dealkylation sites (N-methyl/N-ethyl adjacent to an activating group) is 1. The number of hydrogen-bond acceptors (Lipinski definition) is 2. The molecule has 0 aromatic carbocycles. The summed E-state index contributed by atoms with van der Waals surface area (Å²) in [4.78, 5) is 17.3. The monoisotopic (exact) mass is 647 g/mol. The van der Waals surface area contributed by atoms with Crippen LogP contribution in [0.15, 0.2) is 4.99 Å². The zero-order valence-electron chi connectivity index (χ0n) is 32.0. The van der Waals surface area contributed by atoms with E-state index in [0.29, 0.717) is 6.42 Å². The number of amides is 1. The molecule has 46 heavy (non-hydrogen) atoms. The fourth-order valence-corrected chi connectivity index (χ4v) is 7.31. The lowest BCUT2D eigenvalue weighted by atomic mass is 10.0. The molecule has 0 bridgehead atoms. The van der Waals surface area contributed by atoms with E-state index in [9.17, 15) is 4.79 Å². The Morgan fingerprint density at radius 2 is 0.891 bits per heavy atom. The van der Waals surface area contributed by atoms with Crippen molar-refractivity contribution >= 4 is 11.7 Å². The third-order valence-corrected chi connectivity index (χ3v) is 10.7. The van der Waals surface area contributed by atoms with E-state index in [4.69, 9.17) is 4.99 Å². The van der Waals surface area contributed by atoms with Gasteiger partial charge in [0, 0.05) is 12.8 Å². The van der Waals surface area contributed by atoms with Gasteiger partial charge < -0.3 is 5.32 Å². The van der Waals surface area contributed by atoms with Crippen LogP contribution in [0.1, 0.15) is 226 Å². The first kappa shape index (κ1) is 43.1. The summed E-state index contributed by atoms with van der Waals surface area (Å²) >= 11 is 0. The van der Waals surface area contributed by atoms with E-state index in [1.807, 2.05) is 0 Å². The second-order valence-electron chi connectivity index (χ2n) is 15.2. The van der Waals surface area contributed by atoms with Crippen molar-refractivity contribution in [2.24, 2.45) is 4.99 Å². The number of unbranched alkanes of at least 4 members (excludes halogenated alkanes) is 29. The number of amidine groups is 1. The normalized spacial score (nSPS) is 16.3. The molecule has 1 rings (SSSR count). The van der Waals surface area contributed by atoms with Crippen molar-refractivity contribution in [3.63, 3.8) is 0 Å². The highest BCUT2D eigenvalue weighted by Gasteiger charge is 2.32. The van der Waals surface area contributed by atoms with Crippen LogP contribution in [0.5, 0.6) is 0 Å². The first-order valence-electron chi connectivity index (χ1n) is 21.3. The number of quaternary nitrogens is 1. The molecule has 1 heterocycles. The number of hydrogen-bond donors (Lipinski definition) is 1. The lowest BCUT2D eigenvalue weighted by molar-refractivity contribution is -0.814. The van der Waals surface area contributed by atoms with Gasteiger partial charge >= 0.3 is 0 Å². The van der Waals surface area contributed by atoms with Crippen molar-refractivity contribution in [3.05, 3.63) is 0 Å². The van der Waals surface area contributed by atoms with Gasteiger partial charge in [0.05, 0.1) is 20.1 Å². The summed E-state index contributed by atoms with van der Waals surface area (Å²) in [5.74, 6) is 1.62. The Morgan fingerprint density at radius 1 is 0.543 bits per heavy atom. The SMILES string of the molecule is CCCCCCCCCCCCCCCCCCC1=NCC[N+]1(C)CCNC(=O)CCCCCCCCCCCCCCCCC. The predicted molar refractivity (Wildman–Crippen MR) is 205 cm³/mol. The van der Waals surface area contributed by atoms with Crippen LogP contribution in [0.25, 0.3) is 0 Å². The van der Waals surface area contributed by atoms with Crippen molar-refractivity contribution < 1.29 is 9.28 Å². The predicted octanol–water partition coefficient (Wildman–Crippen LogP) is 12.9. The van der Waals surface area contributed by atoms with Gasteiger partial charge in [0.2, 0.25) is 5.91 Å². The van der Waals surface area contributed by atoms with Crippen molar-refractivity contribution in [1.29, 1.82) is 0 Å². The smallest absolute Gasteiger partial charge is 0.220 e. The van der Waals surface area contributed by atoms with Gasteiger partial charge in [-0.2, -0.15) is 0 Å². The van der Waals surface area contributed by atoms with E-state index < -0.39 is 0 Å². The van der Waals surface area contributed by atoms with Crippen LogP contribution in [0.3, 0.4) is 0 Å². The number of rotatable bonds is 36. The summed E-state index contributed by atoms with van der Waals surface area (Å²) in [5, 5.41) is 3.22. The molecule has 1 aliphatic rings. The standard InChI is InChI=1S/C42H83N3O/c1-4-6-8-10-12-14-16-18-20-22-23-25-27-29-31-33-35-41-43-37-39-45(41,3)40-38-44-42(46)36-34-32-30-28-26-24-21-19-17-15-13-11-9-7-5-2/h4-40H2,1-3H3/p+1. The number of carbonyl (C=O) groups is 1. The Labute approximate surface area is 289 Å². The van der Waals surface area contributed by atoms with E-state index in [2.05, 4.69) is 26.2 Å². The Balaban J connectivity index is 1.90. The Morgan fingerprint density at radius 3 is 1.28 bits per heavy atom. The molecular formula is C42H84N3O+.